The summed E-state index contributed by atoms with van der Waals surface area (Å²) in [5.74, 6) is 4.11. The predicted octanol–water partition coefficient (Wildman–Crippen LogP) is 4.22. The molecule has 0 fully saturated rings. The first-order valence-electron chi connectivity index (χ1n) is 6.27. The number of ether oxygens (including phenoxy) is 1. The molecule has 0 bridgehead atoms. The largest absolute Gasteiger partial charge is 0.493 e. The average Bonchev–Trinajstić information content (AvgIpc) is 2.27. The SMILES string of the molecule is C#CCC(C)c1cc(C)cc(C)c1OCCC. The van der Waals surface area contributed by atoms with Gasteiger partial charge in [-0.05, 0) is 37.3 Å². The minimum atomic E-state index is 0.352. The third-order valence-electron chi connectivity index (χ3n) is 2.85. The number of hydrogen-bond acceptors (Lipinski definition) is 1. The van der Waals surface area contributed by atoms with Crippen LogP contribution in [0.4, 0.5) is 0 Å². The van der Waals surface area contributed by atoms with Gasteiger partial charge in [0, 0.05) is 6.42 Å². The molecule has 1 heteroatoms. The lowest BCUT2D eigenvalue weighted by Gasteiger charge is -2.18. The van der Waals surface area contributed by atoms with Crippen LogP contribution in [-0.2, 0) is 0 Å². The molecule has 0 spiro atoms. The lowest BCUT2D eigenvalue weighted by Crippen LogP contribution is -2.04. The Morgan fingerprint density at radius 3 is 2.65 bits per heavy atom. The molecule has 1 aromatic carbocycles. The first-order chi connectivity index (χ1) is 8.10. The van der Waals surface area contributed by atoms with Crippen LogP contribution >= 0.6 is 0 Å². The Bertz CT molecular complexity index is 412. The summed E-state index contributed by atoms with van der Waals surface area (Å²) in [5, 5.41) is 0. The Morgan fingerprint density at radius 2 is 2.06 bits per heavy atom. The second-order valence-corrected chi connectivity index (χ2v) is 4.66. The Kier molecular flexibility index (Phi) is 5.10. The molecule has 0 saturated heterocycles. The van der Waals surface area contributed by atoms with Crippen LogP contribution in [0.1, 0.15) is 49.3 Å². The van der Waals surface area contributed by atoms with Crippen molar-refractivity contribution >= 4 is 0 Å². The van der Waals surface area contributed by atoms with E-state index in [0.29, 0.717) is 5.92 Å². The van der Waals surface area contributed by atoms with Crippen molar-refractivity contribution in [2.24, 2.45) is 0 Å². The predicted molar refractivity (Wildman–Crippen MR) is 73.6 cm³/mol. The minimum Gasteiger partial charge on any atom is -0.493 e. The van der Waals surface area contributed by atoms with Crippen LogP contribution in [0.25, 0.3) is 0 Å². The maximum Gasteiger partial charge on any atom is 0.125 e. The molecule has 0 saturated carbocycles. The molecule has 0 heterocycles. The van der Waals surface area contributed by atoms with Crippen LogP contribution in [0.5, 0.6) is 5.75 Å². The lowest BCUT2D eigenvalue weighted by molar-refractivity contribution is 0.310. The number of terminal acetylenes is 1. The van der Waals surface area contributed by atoms with Gasteiger partial charge in [-0.2, -0.15) is 0 Å². The monoisotopic (exact) mass is 230 g/mol. The Balaban J connectivity index is 3.11. The summed E-state index contributed by atoms with van der Waals surface area (Å²) >= 11 is 0. The summed E-state index contributed by atoms with van der Waals surface area (Å²) in [7, 11) is 0. The second kappa shape index (κ2) is 6.35. The van der Waals surface area contributed by atoms with Crippen molar-refractivity contribution in [3.63, 3.8) is 0 Å². The van der Waals surface area contributed by atoms with Gasteiger partial charge < -0.3 is 4.74 Å². The molecular weight excluding hydrogens is 208 g/mol. The van der Waals surface area contributed by atoms with E-state index in [1.165, 1.54) is 16.7 Å². The molecule has 92 valence electrons. The molecule has 0 aliphatic heterocycles. The first kappa shape index (κ1) is 13.6. The van der Waals surface area contributed by atoms with Crippen molar-refractivity contribution in [3.05, 3.63) is 28.8 Å². The number of rotatable bonds is 5. The first-order valence-corrected chi connectivity index (χ1v) is 6.27. The van der Waals surface area contributed by atoms with Crippen molar-refractivity contribution in [1.82, 2.24) is 0 Å². The quantitative estimate of drug-likeness (QED) is 0.688. The molecule has 1 atom stereocenters. The molecule has 1 unspecified atom stereocenters. The highest BCUT2D eigenvalue weighted by Crippen LogP contribution is 2.33. The molecule has 0 aromatic heterocycles. The highest BCUT2D eigenvalue weighted by Gasteiger charge is 2.14. The van der Waals surface area contributed by atoms with E-state index in [2.05, 4.69) is 45.7 Å². The standard InChI is InChI=1S/C16H22O/c1-6-8-13(4)15-11-12(3)10-14(5)16(15)17-9-7-2/h1,10-11,13H,7-9H2,2-5H3. The number of aryl methyl sites for hydroxylation is 2. The molecule has 0 amide bonds. The Hall–Kier alpha value is -1.42. The van der Waals surface area contributed by atoms with Gasteiger partial charge in [-0.3, -0.25) is 0 Å². The highest BCUT2D eigenvalue weighted by atomic mass is 16.5. The fourth-order valence-electron chi connectivity index (χ4n) is 2.04. The van der Waals surface area contributed by atoms with Crippen molar-refractivity contribution in [3.8, 4) is 18.1 Å². The maximum absolute atomic E-state index is 5.87. The molecule has 1 aromatic rings. The molecule has 0 radical (unpaired) electrons. The van der Waals surface area contributed by atoms with Gasteiger partial charge in [-0.25, -0.2) is 0 Å². The van der Waals surface area contributed by atoms with Gasteiger partial charge in [0.2, 0.25) is 0 Å². The summed E-state index contributed by atoms with van der Waals surface area (Å²) in [6.45, 7) is 9.26. The molecule has 0 N–H and O–H groups in total. The molecule has 0 aliphatic rings. The van der Waals surface area contributed by atoms with Crippen molar-refractivity contribution in [2.75, 3.05) is 6.61 Å². The average molecular weight is 230 g/mol. The van der Waals surface area contributed by atoms with Gasteiger partial charge in [0.15, 0.2) is 0 Å². The third kappa shape index (κ3) is 3.53. The van der Waals surface area contributed by atoms with Crippen molar-refractivity contribution < 1.29 is 4.74 Å². The van der Waals surface area contributed by atoms with Crippen molar-refractivity contribution in [2.45, 2.75) is 46.5 Å². The van der Waals surface area contributed by atoms with Crippen LogP contribution in [0, 0.1) is 26.2 Å². The molecule has 0 aliphatic carbocycles. The van der Waals surface area contributed by atoms with Crippen LogP contribution < -0.4 is 4.74 Å². The van der Waals surface area contributed by atoms with Crippen LogP contribution in [0.15, 0.2) is 12.1 Å². The summed E-state index contributed by atoms with van der Waals surface area (Å²) in [6, 6.07) is 4.36. The topological polar surface area (TPSA) is 9.23 Å². The van der Waals surface area contributed by atoms with E-state index >= 15 is 0 Å². The van der Waals surface area contributed by atoms with E-state index in [0.717, 1.165) is 25.2 Å². The van der Waals surface area contributed by atoms with E-state index in [1.807, 2.05) is 0 Å². The summed E-state index contributed by atoms with van der Waals surface area (Å²) in [6.07, 6.45) is 7.18. The van der Waals surface area contributed by atoms with Gasteiger partial charge in [0.05, 0.1) is 6.61 Å². The van der Waals surface area contributed by atoms with Gasteiger partial charge in [0.25, 0.3) is 0 Å². The third-order valence-corrected chi connectivity index (χ3v) is 2.85. The Labute approximate surface area is 105 Å². The lowest BCUT2D eigenvalue weighted by atomic mass is 9.93. The van der Waals surface area contributed by atoms with Gasteiger partial charge >= 0.3 is 0 Å². The zero-order valence-electron chi connectivity index (χ0n) is 11.3. The summed E-state index contributed by atoms with van der Waals surface area (Å²) < 4.78 is 5.87. The minimum absolute atomic E-state index is 0.352. The van der Waals surface area contributed by atoms with Crippen LogP contribution in [0.3, 0.4) is 0 Å². The van der Waals surface area contributed by atoms with E-state index in [1.54, 1.807) is 0 Å². The van der Waals surface area contributed by atoms with E-state index in [4.69, 9.17) is 11.2 Å². The Morgan fingerprint density at radius 1 is 1.35 bits per heavy atom. The van der Waals surface area contributed by atoms with Gasteiger partial charge in [0.1, 0.15) is 5.75 Å². The number of hydrogen-bond donors (Lipinski definition) is 0. The molecule has 1 rings (SSSR count). The zero-order valence-corrected chi connectivity index (χ0v) is 11.3. The number of benzene rings is 1. The van der Waals surface area contributed by atoms with Gasteiger partial charge in [-0.1, -0.05) is 31.5 Å². The van der Waals surface area contributed by atoms with E-state index in [-0.39, 0.29) is 0 Å². The molecular formula is C16H22O. The van der Waals surface area contributed by atoms with E-state index in [9.17, 15) is 0 Å². The van der Waals surface area contributed by atoms with Gasteiger partial charge in [-0.15, -0.1) is 12.3 Å². The smallest absolute Gasteiger partial charge is 0.125 e. The van der Waals surface area contributed by atoms with Crippen LogP contribution in [0.2, 0.25) is 0 Å². The summed E-state index contributed by atoms with van der Waals surface area (Å²) in [5.41, 5.74) is 3.72. The van der Waals surface area contributed by atoms with E-state index < -0.39 is 0 Å². The molecule has 17 heavy (non-hydrogen) atoms. The fourth-order valence-corrected chi connectivity index (χ4v) is 2.04. The van der Waals surface area contributed by atoms with Crippen LogP contribution in [-0.4, -0.2) is 6.61 Å². The summed E-state index contributed by atoms with van der Waals surface area (Å²) in [4.78, 5) is 0. The highest BCUT2D eigenvalue weighted by molar-refractivity contribution is 5.45. The fraction of sp³-hybridized carbons (Fsp3) is 0.500. The second-order valence-electron chi connectivity index (χ2n) is 4.66. The van der Waals surface area contributed by atoms with Crippen molar-refractivity contribution in [1.29, 1.82) is 0 Å². The molecule has 1 nitrogen and oxygen atoms in total. The maximum atomic E-state index is 5.87. The normalized spacial score (nSPS) is 11.9. The zero-order chi connectivity index (χ0) is 12.8.